The van der Waals surface area contributed by atoms with Crippen LogP contribution in [0.4, 0.5) is 4.39 Å². The van der Waals surface area contributed by atoms with Crippen molar-refractivity contribution in [3.05, 3.63) is 65.0 Å². The minimum absolute atomic E-state index is 0.0726. The van der Waals surface area contributed by atoms with Gasteiger partial charge in [-0.1, -0.05) is 17.7 Å². The monoisotopic (exact) mass is 291 g/mol. The molecule has 1 atom stereocenters. The zero-order valence-electron chi connectivity index (χ0n) is 10.4. The summed E-state index contributed by atoms with van der Waals surface area (Å²) in [5.41, 5.74) is 2.06. The number of aliphatic hydroxyl groups excluding tert-OH is 1. The molecule has 4 nitrogen and oxygen atoms in total. The van der Waals surface area contributed by atoms with Crippen LogP contribution in [-0.2, 0) is 6.42 Å². The number of halogens is 2. The summed E-state index contributed by atoms with van der Waals surface area (Å²) < 4.78 is 15.0. The normalized spacial score (nSPS) is 12.8. The van der Waals surface area contributed by atoms with Crippen LogP contribution in [0, 0.1) is 5.82 Å². The number of aliphatic hydroxyl groups is 1. The first-order valence-corrected chi connectivity index (χ1v) is 6.42. The molecule has 0 aliphatic carbocycles. The van der Waals surface area contributed by atoms with Gasteiger partial charge in [-0.25, -0.2) is 8.91 Å². The molecule has 3 aromatic rings. The highest BCUT2D eigenvalue weighted by Crippen LogP contribution is 2.24. The molecule has 1 unspecified atom stereocenters. The Morgan fingerprint density at radius 2 is 2.20 bits per heavy atom. The highest BCUT2D eigenvalue weighted by atomic mass is 35.5. The number of fused-ring (bicyclic) bond motifs is 1. The third-order valence-corrected chi connectivity index (χ3v) is 3.43. The average molecular weight is 292 g/mol. The fraction of sp³-hybridized carbons (Fsp3) is 0.143. The molecule has 3 rings (SSSR count). The largest absolute Gasteiger partial charge is 0.388 e. The van der Waals surface area contributed by atoms with Gasteiger partial charge in [-0.3, -0.25) is 4.98 Å². The standard InChI is InChI=1S/C14H11ClFN3O/c15-11-2-1-9(5-12(11)16)6-14(20)10-7-18-19-4-3-17-8-13(10)19/h1-5,7-8,14,20H,6H2. The van der Waals surface area contributed by atoms with Gasteiger partial charge in [0.25, 0.3) is 0 Å². The molecule has 0 bridgehead atoms. The van der Waals surface area contributed by atoms with Crippen LogP contribution in [0.2, 0.25) is 5.02 Å². The minimum Gasteiger partial charge on any atom is -0.388 e. The van der Waals surface area contributed by atoms with E-state index in [1.807, 2.05) is 0 Å². The SMILES string of the molecule is OC(Cc1ccc(Cl)c(F)c1)c1cnn2ccncc12. The first-order chi connectivity index (χ1) is 9.65. The fourth-order valence-electron chi connectivity index (χ4n) is 2.11. The molecule has 0 radical (unpaired) electrons. The lowest BCUT2D eigenvalue weighted by Gasteiger charge is -2.09. The van der Waals surface area contributed by atoms with Gasteiger partial charge in [0, 0.05) is 24.4 Å². The molecule has 1 N–H and O–H groups in total. The molecule has 0 amide bonds. The van der Waals surface area contributed by atoms with Gasteiger partial charge >= 0.3 is 0 Å². The number of hydrogen-bond acceptors (Lipinski definition) is 3. The van der Waals surface area contributed by atoms with Crippen LogP contribution >= 0.6 is 11.6 Å². The molecule has 20 heavy (non-hydrogen) atoms. The predicted molar refractivity (Wildman–Crippen MR) is 73.1 cm³/mol. The van der Waals surface area contributed by atoms with Crippen LogP contribution in [0.3, 0.4) is 0 Å². The van der Waals surface area contributed by atoms with Gasteiger partial charge in [0.05, 0.1) is 29.0 Å². The lowest BCUT2D eigenvalue weighted by Crippen LogP contribution is -2.02. The second-order valence-corrected chi connectivity index (χ2v) is 4.88. The minimum atomic E-state index is -0.780. The Labute approximate surface area is 119 Å². The lowest BCUT2D eigenvalue weighted by atomic mass is 10.0. The maximum Gasteiger partial charge on any atom is 0.142 e. The van der Waals surface area contributed by atoms with Gasteiger partial charge in [-0.2, -0.15) is 5.10 Å². The number of rotatable bonds is 3. The fourth-order valence-corrected chi connectivity index (χ4v) is 2.23. The number of nitrogens with zero attached hydrogens (tertiary/aromatic N) is 3. The van der Waals surface area contributed by atoms with E-state index in [4.69, 9.17) is 11.6 Å². The highest BCUT2D eigenvalue weighted by Gasteiger charge is 2.15. The Hall–Kier alpha value is -1.98. The summed E-state index contributed by atoms with van der Waals surface area (Å²) in [4.78, 5) is 4.01. The molecule has 0 saturated carbocycles. The predicted octanol–water partition coefficient (Wildman–Crippen LogP) is 2.80. The van der Waals surface area contributed by atoms with Gasteiger partial charge in [-0.05, 0) is 17.7 Å². The number of benzene rings is 1. The zero-order chi connectivity index (χ0) is 14.1. The Balaban J connectivity index is 1.89. The van der Waals surface area contributed by atoms with Crippen molar-refractivity contribution in [2.24, 2.45) is 0 Å². The molecule has 2 aromatic heterocycles. The molecule has 0 saturated heterocycles. The van der Waals surface area contributed by atoms with Gasteiger partial charge in [0.15, 0.2) is 0 Å². The van der Waals surface area contributed by atoms with E-state index < -0.39 is 11.9 Å². The van der Waals surface area contributed by atoms with E-state index >= 15 is 0 Å². The van der Waals surface area contributed by atoms with E-state index in [1.54, 1.807) is 35.4 Å². The molecule has 1 aromatic carbocycles. The summed E-state index contributed by atoms with van der Waals surface area (Å²) >= 11 is 5.64. The summed E-state index contributed by atoms with van der Waals surface area (Å²) in [6, 6.07) is 4.50. The van der Waals surface area contributed by atoms with Crippen LogP contribution in [0.5, 0.6) is 0 Å². The molecule has 0 aliphatic heterocycles. The summed E-state index contributed by atoms with van der Waals surface area (Å²) in [7, 11) is 0. The maximum atomic E-state index is 13.4. The average Bonchev–Trinajstić information content (AvgIpc) is 2.87. The van der Waals surface area contributed by atoms with E-state index in [1.165, 1.54) is 12.1 Å². The van der Waals surface area contributed by atoms with Crippen LogP contribution in [0.15, 0.2) is 43.0 Å². The molecular formula is C14H11ClFN3O. The highest BCUT2D eigenvalue weighted by molar-refractivity contribution is 6.30. The van der Waals surface area contributed by atoms with Crippen molar-refractivity contribution in [1.29, 1.82) is 0 Å². The first kappa shape index (κ1) is 13.0. The van der Waals surface area contributed by atoms with Crippen LogP contribution in [0.25, 0.3) is 5.52 Å². The van der Waals surface area contributed by atoms with Crippen molar-refractivity contribution in [3.8, 4) is 0 Å². The Kier molecular flexibility index (Phi) is 3.38. The maximum absolute atomic E-state index is 13.4. The number of aromatic nitrogens is 3. The Morgan fingerprint density at radius 3 is 3.00 bits per heavy atom. The molecule has 6 heteroatoms. The number of hydrogen-bond donors (Lipinski definition) is 1. The third kappa shape index (κ3) is 2.37. The molecule has 0 fully saturated rings. The first-order valence-electron chi connectivity index (χ1n) is 6.04. The molecule has 2 heterocycles. The Morgan fingerprint density at radius 1 is 1.35 bits per heavy atom. The van der Waals surface area contributed by atoms with Crippen molar-refractivity contribution >= 4 is 17.1 Å². The topological polar surface area (TPSA) is 50.4 Å². The van der Waals surface area contributed by atoms with E-state index in [-0.39, 0.29) is 11.4 Å². The van der Waals surface area contributed by atoms with Gasteiger partial charge < -0.3 is 5.11 Å². The quantitative estimate of drug-likeness (QED) is 0.807. The summed E-state index contributed by atoms with van der Waals surface area (Å²) in [6.45, 7) is 0. The zero-order valence-corrected chi connectivity index (χ0v) is 11.1. The lowest BCUT2D eigenvalue weighted by molar-refractivity contribution is 0.180. The van der Waals surface area contributed by atoms with E-state index in [0.29, 0.717) is 11.1 Å². The van der Waals surface area contributed by atoms with Crippen molar-refractivity contribution in [2.45, 2.75) is 12.5 Å². The van der Waals surface area contributed by atoms with Crippen LogP contribution in [-0.4, -0.2) is 19.7 Å². The van der Waals surface area contributed by atoms with Crippen molar-refractivity contribution in [3.63, 3.8) is 0 Å². The van der Waals surface area contributed by atoms with Gasteiger partial charge in [-0.15, -0.1) is 0 Å². The second kappa shape index (κ2) is 5.19. The van der Waals surface area contributed by atoms with Crippen molar-refractivity contribution in [2.75, 3.05) is 0 Å². The van der Waals surface area contributed by atoms with Crippen molar-refractivity contribution in [1.82, 2.24) is 14.6 Å². The summed E-state index contributed by atoms with van der Waals surface area (Å²) in [5.74, 6) is -0.488. The molecular weight excluding hydrogens is 281 g/mol. The van der Waals surface area contributed by atoms with E-state index in [2.05, 4.69) is 10.1 Å². The van der Waals surface area contributed by atoms with E-state index in [9.17, 15) is 9.50 Å². The summed E-state index contributed by atoms with van der Waals surface area (Å²) in [6.07, 6.45) is 6.04. The molecule has 0 aliphatic rings. The van der Waals surface area contributed by atoms with Crippen LogP contribution < -0.4 is 0 Å². The summed E-state index contributed by atoms with van der Waals surface area (Å²) in [5, 5.41) is 14.5. The van der Waals surface area contributed by atoms with E-state index in [0.717, 1.165) is 5.52 Å². The molecule has 102 valence electrons. The Bertz CT molecular complexity index is 759. The smallest absolute Gasteiger partial charge is 0.142 e. The van der Waals surface area contributed by atoms with Crippen LogP contribution in [0.1, 0.15) is 17.2 Å². The second-order valence-electron chi connectivity index (χ2n) is 4.47. The molecule has 0 spiro atoms. The van der Waals surface area contributed by atoms with Gasteiger partial charge in [0.2, 0.25) is 0 Å². The van der Waals surface area contributed by atoms with Crippen molar-refractivity contribution < 1.29 is 9.50 Å². The third-order valence-electron chi connectivity index (χ3n) is 3.13. The van der Waals surface area contributed by atoms with Gasteiger partial charge in [0.1, 0.15) is 5.82 Å².